The maximum atomic E-state index is 14.1. The molecule has 2 fully saturated rings. The van der Waals surface area contributed by atoms with Crippen LogP contribution >= 0.6 is 0 Å². The summed E-state index contributed by atoms with van der Waals surface area (Å²) in [4.78, 5) is 15.9. The first kappa shape index (κ1) is 18.1. The zero-order valence-corrected chi connectivity index (χ0v) is 15.2. The van der Waals surface area contributed by atoms with Gasteiger partial charge in [-0.25, -0.2) is 24.9 Å². The summed E-state index contributed by atoms with van der Waals surface area (Å²) >= 11 is 0. The Labute approximate surface area is 157 Å². The Kier molecular flexibility index (Phi) is 5.18. The highest BCUT2D eigenvalue weighted by molar-refractivity contribution is 5.75. The summed E-state index contributed by atoms with van der Waals surface area (Å²) in [6.07, 6.45) is 6.39. The Morgan fingerprint density at radius 1 is 1.19 bits per heavy atom. The minimum Gasteiger partial charge on any atom is -0.369 e. The summed E-state index contributed by atoms with van der Waals surface area (Å²) in [5.41, 5.74) is 12.4. The molecule has 1 aliphatic carbocycles. The molecule has 0 radical (unpaired) electrons. The molecule has 1 saturated heterocycles. The van der Waals surface area contributed by atoms with Crippen molar-refractivity contribution in [2.45, 2.75) is 63.1 Å². The minimum atomic E-state index is -0.441. The third-order valence-electron chi connectivity index (χ3n) is 5.45. The molecule has 1 amide bonds. The van der Waals surface area contributed by atoms with Crippen LogP contribution in [0.1, 0.15) is 73.9 Å². The van der Waals surface area contributed by atoms with Crippen LogP contribution in [-0.2, 0) is 11.2 Å². The van der Waals surface area contributed by atoms with Crippen molar-refractivity contribution in [1.82, 2.24) is 25.6 Å². The van der Waals surface area contributed by atoms with Gasteiger partial charge in [0.25, 0.3) is 0 Å². The van der Waals surface area contributed by atoms with Crippen LogP contribution in [0.2, 0.25) is 0 Å². The van der Waals surface area contributed by atoms with E-state index in [-0.39, 0.29) is 30.4 Å². The van der Waals surface area contributed by atoms with Crippen molar-refractivity contribution in [1.29, 1.82) is 0 Å². The van der Waals surface area contributed by atoms with Gasteiger partial charge in [0.2, 0.25) is 5.91 Å². The van der Waals surface area contributed by atoms with E-state index in [1.165, 1.54) is 25.3 Å². The van der Waals surface area contributed by atoms with Gasteiger partial charge in [-0.15, -0.1) is 0 Å². The summed E-state index contributed by atoms with van der Waals surface area (Å²) < 4.78 is 16.1. The van der Waals surface area contributed by atoms with E-state index >= 15 is 0 Å². The summed E-state index contributed by atoms with van der Waals surface area (Å²) in [6, 6.07) is 6.83. The van der Waals surface area contributed by atoms with Crippen molar-refractivity contribution in [2.24, 2.45) is 5.73 Å². The third kappa shape index (κ3) is 3.86. The maximum Gasteiger partial charge on any atom is 0.225 e. The van der Waals surface area contributed by atoms with Gasteiger partial charge in [-0.2, -0.15) is 5.10 Å². The van der Waals surface area contributed by atoms with Crippen molar-refractivity contribution >= 4 is 5.91 Å². The second-order valence-electron chi connectivity index (χ2n) is 7.42. The first-order chi connectivity index (χ1) is 13.1. The standard InChI is InChI=1S/C19H25FN6O/c20-14-9-5-4-8-13(14)15-10-16(24-23-15)19-22-18(11-17(21)27)25-26(19)12-6-2-1-3-7-12/h4-5,8-9,12,15-16,23-24H,1-3,6-7,10-11H2,(H2,21,27). The largest absolute Gasteiger partial charge is 0.369 e. The molecule has 7 nitrogen and oxygen atoms in total. The first-order valence-electron chi connectivity index (χ1n) is 9.61. The molecule has 4 N–H and O–H groups in total. The highest BCUT2D eigenvalue weighted by Crippen LogP contribution is 2.35. The summed E-state index contributed by atoms with van der Waals surface area (Å²) in [5, 5.41) is 4.60. The minimum absolute atomic E-state index is 0.0314. The highest BCUT2D eigenvalue weighted by Gasteiger charge is 2.33. The van der Waals surface area contributed by atoms with Gasteiger partial charge in [-0.1, -0.05) is 37.5 Å². The second kappa shape index (κ2) is 7.74. The lowest BCUT2D eigenvalue weighted by molar-refractivity contribution is -0.117. The van der Waals surface area contributed by atoms with Crippen LogP contribution < -0.4 is 16.6 Å². The number of nitrogens with one attached hydrogen (secondary N) is 2. The number of carbonyl (C=O) groups is 1. The van der Waals surface area contributed by atoms with E-state index in [0.29, 0.717) is 17.8 Å². The second-order valence-corrected chi connectivity index (χ2v) is 7.42. The van der Waals surface area contributed by atoms with E-state index in [2.05, 4.69) is 20.9 Å². The maximum absolute atomic E-state index is 14.1. The van der Waals surface area contributed by atoms with Crippen molar-refractivity contribution in [3.8, 4) is 0 Å². The molecule has 2 atom stereocenters. The molecule has 0 bridgehead atoms. The molecule has 1 aliphatic heterocycles. The fourth-order valence-corrected chi connectivity index (χ4v) is 4.13. The van der Waals surface area contributed by atoms with Gasteiger partial charge < -0.3 is 5.73 Å². The first-order valence-corrected chi connectivity index (χ1v) is 9.61. The zero-order chi connectivity index (χ0) is 18.8. The zero-order valence-electron chi connectivity index (χ0n) is 15.2. The number of rotatable bonds is 5. The smallest absolute Gasteiger partial charge is 0.225 e. The summed E-state index contributed by atoms with van der Waals surface area (Å²) in [6.45, 7) is 0. The predicted octanol–water partition coefficient (Wildman–Crippen LogP) is 2.23. The van der Waals surface area contributed by atoms with Gasteiger partial charge in [0.05, 0.1) is 24.5 Å². The average molecular weight is 372 g/mol. The van der Waals surface area contributed by atoms with Crippen LogP contribution in [0.5, 0.6) is 0 Å². The van der Waals surface area contributed by atoms with E-state index in [0.717, 1.165) is 18.7 Å². The Hall–Kier alpha value is -2.32. The molecule has 2 heterocycles. The third-order valence-corrected chi connectivity index (χ3v) is 5.45. The Morgan fingerprint density at radius 3 is 2.67 bits per heavy atom. The van der Waals surface area contributed by atoms with Crippen LogP contribution in [0.4, 0.5) is 4.39 Å². The SMILES string of the molecule is NC(=O)Cc1nc(C2CC(c3ccccc3F)NN2)n(C2CCCCC2)n1. The van der Waals surface area contributed by atoms with E-state index in [1.54, 1.807) is 12.1 Å². The van der Waals surface area contributed by atoms with Crippen molar-refractivity contribution in [3.63, 3.8) is 0 Å². The van der Waals surface area contributed by atoms with Gasteiger partial charge in [0, 0.05) is 5.56 Å². The van der Waals surface area contributed by atoms with Gasteiger partial charge in [-0.3, -0.25) is 4.79 Å². The average Bonchev–Trinajstić information content (AvgIpc) is 3.29. The lowest BCUT2D eigenvalue weighted by atomic mass is 9.95. The Morgan fingerprint density at radius 2 is 1.93 bits per heavy atom. The number of nitrogens with zero attached hydrogens (tertiary/aromatic N) is 3. The predicted molar refractivity (Wildman–Crippen MR) is 97.8 cm³/mol. The fourth-order valence-electron chi connectivity index (χ4n) is 4.13. The number of nitrogens with two attached hydrogens (primary N) is 1. The molecule has 8 heteroatoms. The molecule has 27 heavy (non-hydrogen) atoms. The van der Waals surface area contributed by atoms with E-state index < -0.39 is 5.91 Å². The summed E-state index contributed by atoms with van der Waals surface area (Å²) in [7, 11) is 0. The van der Waals surface area contributed by atoms with Gasteiger partial charge in [0.1, 0.15) is 11.6 Å². The Bertz CT molecular complexity index is 816. The van der Waals surface area contributed by atoms with Crippen molar-refractivity contribution in [3.05, 3.63) is 47.3 Å². The van der Waals surface area contributed by atoms with E-state index in [4.69, 9.17) is 5.73 Å². The number of primary amides is 1. The molecule has 1 aromatic carbocycles. The molecule has 4 rings (SSSR count). The fraction of sp³-hybridized carbons (Fsp3) is 0.526. The number of amides is 1. The lowest BCUT2D eigenvalue weighted by Crippen LogP contribution is -2.29. The normalized spacial score (nSPS) is 23.6. The van der Waals surface area contributed by atoms with Gasteiger partial charge in [0.15, 0.2) is 5.82 Å². The van der Waals surface area contributed by atoms with Crippen LogP contribution in [0.25, 0.3) is 0 Å². The monoisotopic (exact) mass is 372 g/mol. The molecular weight excluding hydrogens is 347 g/mol. The molecule has 0 spiro atoms. The number of benzene rings is 1. The van der Waals surface area contributed by atoms with E-state index in [9.17, 15) is 9.18 Å². The molecule has 1 saturated carbocycles. The number of hydrogen-bond acceptors (Lipinski definition) is 5. The highest BCUT2D eigenvalue weighted by atomic mass is 19.1. The number of aromatic nitrogens is 3. The Balaban J connectivity index is 1.59. The molecule has 1 aromatic heterocycles. The van der Waals surface area contributed by atoms with Gasteiger partial charge >= 0.3 is 0 Å². The number of hydrogen-bond donors (Lipinski definition) is 3. The van der Waals surface area contributed by atoms with Gasteiger partial charge in [-0.05, 0) is 25.3 Å². The van der Waals surface area contributed by atoms with Crippen LogP contribution in [0.15, 0.2) is 24.3 Å². The number of carbonyl (C=O) groups excluding carboxylic acids is 1. The van der Waals surface area contributed by atoms with Crippen molar-refractivity contribution in [2.75, 3.05) is 0 Å². The lowest BCUT2D eigenvalue weighted by Gasteiger charge is -2.24. The molecule has 144 valence electrons. The molecular formula is C19H25FN6O. The summed E-state index contributed by atoms with van der Waals surface area (Å²) in [5.74, 6) is 0.591. The topological polar surface area (TPSA) is 97.9 Å². The molecule has 2 aromatic rings. The quantitative estimate of drug-likeness (QED) is 0.748. The van der Waals surface area contributed by atoms with Crippen LogP contribution in [0, 0.1) is 5.82 Å². The molecule has 2 aliphatic rings. The number of hydrazine groups is 1. The van der Waals surface area contributed by atoms with Crippen LogP contribution in [0.3, 0.4) is 0 Å². The van der Waals surface area contributed by atoms with Crippen LogP contribution in [-0.4, -0.2) is 20.7 Å². The molecule has 2 unspecified atom stereocenters. The van der Waals surface area contributed by atoms with Crippen molar-refractivity contribution < 1.29 is 9.18 Å². The van der Waals surface area contributed by atoms with E-state index in [1.807, 2.05) is 10.7 Å². The number of halogens is 1.